The Hall–Kier alpha value is -1.60. The van der Waals surface area contributed by atoms with Gasteiger partial charge in [-0.05, 0) is 30.2 Å². The predicted octanol–water partition coefficient (Wildman–Crippen LogP) is 2.96. The first kappa shape index (κ1) is 19.4. The molecule has 0 saturated carbocycles. The zero-order valence-corrected chi connectivity index (χ0v) is 13.2. The first-order chi connectivity index (χ1) is 9.46. The Balaban J connectivity index is 0.000000495. The van der Waals surface area contributed by atoms with Gasteiger partial charge in [-0.1, -0.05) is 42.5 Å². The van der Waals surface area contributed by atoms with Crippen LogP contribution < -0.4 is 11.3 Å². The molecule has 116 valence electrons. The number of nitrogens with two attached hydrogens (primary N) is 1. The Bertz CT molecular complexity index is 616. The fraction of sp³-hybridized carbons (Fsp3) is 0.143. The Labute approximate surface area is 131 Å². The van der Waals surface area contributed by atoms with Gasteiger partial charge in [0, 0.05) is 5.69 Å². The zero-order valence-electron chi connectivity index (χ0n) is 11.6. The molecule has 0 aliphatic heterocycles. The second kappa shape index (κ2) is 9.36. The average Bonchev–Trinajstić information content (AvgIpc) is 2.48. The Morgan fingerprint density at radius 1 is 1.00 bits per heavy atom. The van der Waals surface area contributed by atoms with Crippen molar-refractivity contribution in [2.45, 2.75) is 6.92 Å². The first-order valence-electron chi connectivity index (χ1n) is 6.03. The molecule has 0 amide bonds. The number of hydrogen-bond donors (Lipinski definition) is 3. The van der Waals surface area contributed by atoms with Crippen molar-refractivity contribution in [3.8, 4) is 11.1 Å². The lowest BCUT2D eigenvalue weighted by Gasteiger charge is -2.03. The molecule has 0 aromatic heterocycles. The topological polar surface area (TPSA) is 92.4 Å². The third-order valence-electron chi connectivity index (χ3n) is 2.52. The SMILES string of the molecule is CCS(=O)(=O)O.Cl.NNc1ccc(-c2ccccc2)cc1. The van der Waals surface area contributed by atoms with E-state index in [0.29, 0.717) is 0 Å². The Morgan fingerprint density at radius 3 is 1.81 bits per heavy atom. The molecule has 0 aliphatic rings. The van der Waals surface area contributed by atoms with Gasteiger partial charge in [-0.25, -0.2) is 0 Å². The number of nitrogens with one attached hydrogen (secondary N) is 1. The minimum atomic E-state index is -3.66. The van der Waals surface area contributed by atoms with Crippen LogP contribution in [0.15, 0.2) is 54.6 Å². The van der Waals surface area contributed by atoms with Crippen molar-refractivity contribution >= 4 is 28.2 Å². The molecule has 0 unspecified atom stereocenters. The van der Waals surface area contributed by atoms with Crippen molar-refractivity contribution in [3.63, 3.8) is 0 Å². The van der Waals surface area contributed by atoms with Crippen LogP contribution in [0.5, 0.6) is 0 Å². The monoisotopic (exact) mass is 330 g/mol. The number of hydrogen-bond acceptors (Lipinski definition) is 4. The smallest absolute Gasteiger partial charge is 0.264 e. The highest BCUT2D eigenvalue weighted by Gasteiger charge is 1.95. The van der Waals surface area contributed by atoms with Crippen molar-refractivity contribution < 1.29 is 13.0 Å². The molecule has 0 fully saturated rings. The molecule has 2 aromatic rings. The fourth-order valence-electron chi connectivity index (χ4n) is 1.39. The van der Waals surface area contributed by atoms with Crippen LogP contribution in [0.2, 0.25) is 0 Å². The standard InChI is InChI=1S/C12H12N2.C2H6O3S.ClH/c13-14-12-8-6-11(7-9-12)10-4-2-1-3-5-10;1-2-6(3,4)5;/h1-9,14H,13H2;2H2,1H3,(H,3,4,5);1H. The third kappa shape index (κ3) is 7.67. The number of benzene rings is 2. The highest BCUT2D eigenvalue weighted by Crippen LogP contribution is 2.20. The summed E-state index contributed by atoms with van der Waals surface area (Å²) in [4.78, 5) is 0. The number of nitrogen functional groups attached to an aromatic ring is 1. The largest absolute Gasteiger partial charge is 0.324 e. The van der Waals surface area contributed by atoms with E-state index in [1.165, 1.54) is 18.1 Å². The average molecular weight is 331 g/mol. The maximum absolute atomic E-state index is 9.56. The molecule has 0 heterocycles. The summed E-state index contributed by atoms with van der Waals surface area (Å²) in [6.45, 7) is 1.37. The molecule has 21 heavy (non-hydrogen) atoms. The van der Waals surface area contributed by atoms with Crippen molar-refractivity contribution in [1.29, 1.82) is 0 Å². The van der Waals surface area contributed by atoms with Crippen molar-refractivity contribution in [1.82, 2.24) is 0 Å². The van der Waals surface area contributed by atoms with Crippen molar-refractivity contribution in [2.24, 2.45) is 5.84 Å². The maximum Gasteiger partial charge on any atom is 0.264 e. The van der Waals surface area contributed by atoms with E-state index in [-0.39, 0.29) is 18.2 Å². The van der Waals surface area contributed by atoms with E-state index in [9.17, 15) is 8.42 Å². The number of hydrazine groups is 1. The van der Waals surface area contributed by atoms with E-state index in [0.717, 1.165) is 5.69 Å². The summed E-state index contributed by atoms with van der Waals surface area (Å²) in [6, 6.07) is 18.3. The third-order valence-corrected chi connectivity index (χ3v) is 3.25. The van der Waals surface area contributed by atoms with Crippen LogP contribution in [0.4, 0.5) is 5.69 Å². The van der Waals surface area contributed by atoms with Crippen LogP contribution in [0.25, 0.3) is 11.1 Å². The normalized spacial score (nSPS) is 9.86. The van der Waals surface area contributed by atoms with Gasteiger partial charge in [-0.3, -0.25) is 10.4 Å². The van der Waals surface area contributed by atoms with E-state index in [1.54, 1.807) is 0 Å². The molecule has 0 saturated heterocycles. The van der Waals surface area contributed by atoms with Crippen LogP contribution in [0, 0.1) is 0 Å². The first-order valence-corrected chi connectivity index (χ1v) is 7.64. The number of anilines is 1. The zero-order chi connectivity index (χ0) is 15.0. The molecule has 0 atom stereocenters. The molecule has 0 radical (unpaired) electrons. The van der Waals surface area contributed by atoms with E-state index >= 15 is 0 Å². The summed E-state index contributed by atoms with van der Waals surface area (Å²) in [6.07, 6.45) is 0. The van der Waals surface area contributed by atoms with Gasteiger partial charge in [0.1, 0.15) is 0 Å². The molecule has 4 N–H and O–H groups in total. The summed E-state index contributed by atoms with van der Waals surface area (Å²) in [5.41, 5.74) is 5.94. The molecule has 2 aromatic carbocycles. The van der Waals surface area contributed by atoms with Gasteiger partial charge in [0.2, 0.25) is 0 Å². The van der Waals surface area contributed by atoms with Crippen LogP contribution >= 0.6 is 12.4 Å². The molecule has 0 spiro atoms. The quantitative estimate of drug-likeness (QED) is 0.457. The van der Waals surface area contributed by atoms with Crippen LogP contribution in [0.1, 0.15) is 6.92 Å². The summed E-state index contributed by atoms with van der Waals surface area (Å²) in [5, 5.41) is 0. The van der Waals surface area contributed by atoms with E-state index in [4.69, 9.17) is 10.4 Å². The Kier molecular flexibility index (Phi) is 8.64. The molecular weight excluding hydrogens is 312 g/mol. The lowest BCUT2D eigenvalue weighted by molar-refractivity contribution is 0.484. The number of rotatable bonds is 3. The van der Waals surface area contributed by atoms with Crippen LogP contribution in [-0.4, -0.2) is 18.7 Å². The van der Waals surface area contributed by atoms with Gasteiger partial charge in [-0.15, -0.1) is 12.4 Å². The van der Waals surface area contributed by atoms with Crippen LogP contribution in [-0.2, 0) is 10.1 Å². The fourth-order valence-corrected chi connectivity index (χ4v) is 1.39. The second-order valence-corrected chi connectivity index (χ2v) is 5.70. The molecule has 5 nitrogen and oxygen atoms in total. The molecular formula is C14H19ClN2O3S. The lowest BCUT2D eigenvalue weighted by atomic mass is 10.1. The van der Waals surface area contributed by atoms with Crippen molar-refractivity contribution in [3.05, 3.63) is 54.6 Å². The lowest BCUT2D eigenvalue weighted by Crippen LogP contribution is -2.05. The van der Waals surface area contributed by atoms with Gasteiger partial charge in [0.25, 0.3) is 10.1 Å². The Morgan fingerprint density at radius 2 is 1.43 bits per heavy atom. The minimum Gasteiger partial charge on any atom is -0.324 e. The van der Waals surface area contributed by atoms with Crippen LogP contribution in [0.3, 0.4) is 0 Å². The van der Waals surface area contributed by atoms with Gasteiger partial charge in [-0.2, -0.15) is 8.42 Å². The molecule has 0 bridgehead atoms. The molecule has 7 heteroatoms. The summed E-state index contributed by atoms with van der Waals surface area (Å²) < 4.78 is 26.9. The predicted molar refractivity (Wildman–Crippen MR) is 89.0 cm³/mol. The molecule has 0 aliphatic carbocycles. The summed E-state index contributed by atoms with van der Waals surface area (Å²) >= 11 is 0. The van der Waals surface area contributed by atoms with Gasteiger partial charge >= 0.3 is 0 Å². The van der Waals surface area contributed by atoms with E-state index in [1.807, 2.05) is 42.5 Å². The highest BCUT2D eigenvalue weighted by molar-refractivity contribution is 7.85. The van der Waals surface area contributed by atoms with Gasteiger partial charge in [0.05, 0.1) is 5.75 Å². The van der Waals surface area contributed by atoms with E-state index in [2.05, 4.69) is 17.6 Å². The highest BCUT2D eigenvalue weighted by atomic mass is 35.5. The van der Waals surface area contributed by atoms with Gasteiger partial charge < -0.3 is 5.43 Å². The molecule has 2 rings (SSSR count). The summed E-state index contributed by atoms with van der Waals surface area (Å²) in [5.74, 6) is 5.09. The van der Waals surface area contributed by atoms with Gasteiger partial charge in [0.15, 0.2) is 0 Å². The second-order valence-electron chi connectivity index (χ2n) is 3.96. The summed E-state index contributed by atoms with van der Waals surface area (Å²) in [7, 11) is -3.66. The van der Waals surface area contributed by atoms with E-state index < -0.39 is 10.1 Å². The van der Waals surface area contributed by atoms with Crippen molar-refractivity contribution in [2.75, 3.05) is 11.2 Å². The maximum atomic E-state index is 9.56. The minimum absolute atomic E-state index is 0. The number of halogens is 1.